The van der Waals surface area contributed by atoms with Gasteiger partial charge in [-0.15, -0.1) is 13.2 Å². The van der Waals surface area contributed by atoms with E-state index >= 15 is 0 Å². The highest BCUT2D eigenvalue weighted by atomic mass is 32.2. The van der Waals surface area contributed by atoms with E-state index in [9.17, 15) is 22.8 Å². The molecule has 2 aromatic heterocycles. The molecule has 2 N–H and O–H groups in total. The SMILES string of the molecule is Cc1cc(C)cc(-n2c(SCC(=O)Nc3ccc(OC(F)(F)F)cc3)nc3c([nH]c4ccccc43)c2=O)c1. The van der Waals surface area contributed by atoms with E-state index in [2.05, 4.69) is 15.0 Å². The van der Waals surface area contributed by atoms with Crippen LogP contribution >= 0.6 is 11.8 Å². The Bertz CT molecular complexity index is 1710. The molecule has 3 aromatic carbocycles. The average molecular weight is 539 g/mol. The van der Waals surface area contributed by atoms with Crippen LogP contribution in [-0.2, 0) is 4.79 Å². The van der Waals surface area contributed by atoms with Gasteiger partial charge in [-0.2, -0.15) is 0 Å². The molecule has 7 nitrogen and oxygen atoms in total. The summed E-state index contributed by atoms with van der Waals surface area (Å²) in [5.41, 5.74) is 4.22. The van der Waals surface area contributed by atoms with Crippen molar-refractivity contribution in [1.29, 1.82) is 0 Å². The number of hydrogen-bond donors (Lipinski definition) is 2. The Hall–Kier alpha value is -4.25. The number of halogens is 3. The summed E-state index contributed by atoms with van der Waals surface area (Å²) in [5.74, 6) is -0.898. The number of benzene rings is 3. The number of aryl methyl sites for hydroxylation is 2. The molecule has 0 fully saturated rings. The molecule has 0 bridgehead atoms. The van der Waals surface area contributed by atoms with Crippen LogP contribution in [0.3, 0.4) is 0 Å². The first-order valence-electron chi connectivity index (χ1n) is 11.5. The minimum absolute atomic E-state index is 0.0914. The van der Waals surface area contributed by atoms with E-state index in [1.807, 2.05) is 56.3 Å². The van der Waals surface area contributed by atoms with Crippen LogP contribution in [0.1, 0.15) is 11.1 Å². The Kier molecular flexibility index (Phi) is 6.62. The number of nitrogens with one attached hydrogen (secondary N) is 2. The van der Waals surface area contributed by atoms with Crippen molar-refractivity contribution < 1.29 is 22.7 Å². The van der Waals surface area contributed by atoms with E-state index in [4.69, 9.17) is 4.98 Å². The van der Waals surface area contributed by atoms with Gasteiger partial charge in [-0.25, -0.2) is 4.98 Å². The normalized spacial score (nSPS) is 11.7. The summed E-state index contributed by atoms with van der Waals surface area (Å²) in [7, 11) is 0. The maximum absolute atomic E-state index is 13.7. The van der Waals surface area contributed by atoms with Crippen molar-refractivity contribution in [3.63, 3.8) is 0 Å². The van der Waals surface area contributed by atoms with Gasteiger partial charge in [0.05, 0.1) is 11.4 Å². The van der Waals surface area contributed by atoms with Gasteiger partial charge in [0.1, 0.15) is 16.8 Å². The molecule has 0 aliphatic carbocycles. The first-order valence-corrected chi connectivity index (χ1v) is 12.5. The van der Waals surface area contributed by atoms with Gasteiger partial charge in [0.25, 0.3) is 5.56 Å². The van der Waals surface area contributed by atoms with Crippen molar-refractivity contribution in [2.24, 2.45) is 0 Å². The highest BCUT2D eigenvalue weighted by Gasteiger charge is 2.31. The van der Waals surface area contributed by atoms with E-state index in [0.29, 0.717) is 27.6 Å². The van der Waals surface area contributed by atoms with E-state index in [1.165, 1.54) is 16.7 Å². The first-order chi connectivity index (χ1) is 18.1. The number of para-hydroxylation sites is 1. The Morgan fingerprint density at radius 2 is 1.74 bits per heavy atom. The highest BCUT2D eigenvalue weighted by molar-refractivity contribution is 7.99. The summed E-state index contributed by atoms with van der Waals surface area (Å²) in [6.45, 7) is 3.86. The van der Waals surface area contributed by atoms with Gasteiger partial charge in [-0.05, 0) is 67.4 Å². The molecule has 0 saturated carbocycles. The smallest absolute Gasteiger partial charge is 0.406 e. The minimum Gasteiger partial charge on any atom is -0.406 e. The van der Waals surface area contributed by atoms with Crippen molar-refractivity contribution in [2.45, 2.75) is 25.4 Å². The van der Waals surface area contributed by atoms with Crippen molar-refractivity contribution in [1.82, 2.24) is 14.5 Å². The fraction of sp³-hybridized carbons (Fsp3) is 0.148. The third kappa shape index (κ3) is 5.37. The topological polar surface area (TPSA) is 89.0 Å². The van der Waals surface area contributed by atoms with Crippen molar-refractivity contribution >= 4 is 45.3 Å². The second kappa shape index (κ2) is 9.90. The van der Waals surface area contributed by atoms with Gasteiger partial charge in [0.2, 0.25) is 5.91 Å². The first kappa shape index (κ1) is 25.4. The van der Waals surface area contributed by atoms with E-state index < -0.39 is 18.0 Å². The van der Waals surface area contributed by atoms with Crippen LogP contribution in [0.4, 0.5) is 18.9 Å². The van der Waals surface area contributed by atoms with Gasteiger partial charge < -0.3 is 15.0 Å². The number of anilines is 1. The third-order valence-electron chi connectivity index (χ3n) is 5.66. The van der Waals surface area contributed by atoms with Crippen LogP contribution < -0.4 is 15.6 Å². The zero-order chi connectivity index (χ0) is 27.0. The number of alkyl halides is 3. The monoisotopic (exact) mass is 538 g/mol. The Morgan fingerprint density at radius 3 is 2.42 bits per heavy atom. The fourth-order valence-electron chi connectivity index (χ4n) is 4.21. The largest absolute Gasteiger partial charge is 0.573 e. The van der Waals surface area contributed by atoms with Crippen molar-refractivity contribution in [3.8, 4) is 11.4 Å². The number of aromatic amines is 1. The van der Waals surface area contributed by atoms with Crippen molar-refractivity contribution in [2.75, 3.05) is 11.1 Å². The number of aromatic nitrogens is 3. The number of fused-ring (bicyclic) bond motifs is 3. The third-order valence-corrected chi connectivity index (χ3v) is 6.60. The van der Waals surface area contributed by atoms with Crippen molar-refractivity contribution in [3.05, 3.63) is 88.2 Å². The Balaban J connectivity index is 1.46. The average Bonchev–Trinajstić information content (AvgIpc) is 3.21. The molecule has 1 amide bonds. The zero-order valence-corrected chi connectivity index (χ0v) is 21.0. The lowest BCUT2D eigenvalue weighted by atomic mass is 10.1. The highest BCUT2D eigenvalue weighted by Crippen LogP contribution is 2.28. The molecule has 5 rings (SSSR count). The van der Waals surface area contributed by atoms with E-state index in [0.717, 1.165) is 45.9 Å². The predicted octanol–water partition coefficient (Wildman–Crippen LogP) is 6.11. The molecule has 0 atom stereocenters. The number of nitrogens with zero attached hydrogens (tertiary/aromatic N) is 2. The summed E-state index contributed by atoms with van der Waals surface area (Å²) in [5, 5.41) is 3.76. The number of ether oxygens (including phenoxy) is 1. The van der Waals surface area contributed by atoms with Gasteiger partial charge in [-0.1, -0.05) is 36.0 Å². The number of carbonyl (C=O) groups excluding carboxylic acids is 1. The van der Waals surface area contributed by atoms with Gasteiger partial charge in [0, 0.05) is 16.6 Å². The maximum Gasteiger partial charge on any atom is 0.573 e. The molecule has 38 heavy (non-hydrogen) atoms. The molecule has 0 radical (unpaired) electrons. The lowest BCUT2D eigenvalue weighted by Gasteiger charge is -2.14. The van der Waals surface area contributed by atoms with Gasteiger partial charge in [-0.3, -0.25) is 14.2 Å². The predicted molar refractivity (Wildman–Crippen MR) is 141 cm³/mol. The molecular formula is C27H21F3N4O3S. The van der Waals surface area contributed by atoms with Gasteiger partial charge >= 0.3 is 6.36 Å². The number of carbonyl (C=O) groups is 1. The standard InChI is InChI=1S/C27H21F3N4O3S/c1-15-11-16(2)13-18(12-15)34-25(36)24-23(20-5-3-4-6-21(20)32-24)33-26(34)38-14-22(35)31-17-7-9-19(10-8-17)37-27(28,29)30/h3-13,32H,14H2,1-2H3,(H,31,35). The number of thioether (sulfide) groups is 1. The summed E-state index contributed by atoms with van der Waals surface area (Å²) in [6, 6.07) is 18.0. The summed E-state index contributed by atoms with van der Waals surface area (Å²) in [6.07, 6.45) is -4.80. The van der Waals surface area contributed by atoms with Crippen LogP contribution in [0.25, 0.3) is 27.6 Å². The summed E-state index contributed by atoms with van der Waals surface area (Å²) in [4.78, 5) is 34.3. The number of rotatable bonds is 6. The second-order valence-electron chi connectivity index (χ2n) is 8.68. The fourth-order valence-corrected chi connectivity index (χ4v) is 5.02. The number of amides is 1. The quantitative estimate of drug-likeness (QED) is 0.201. The van der Waals surface area contributed by atoms with Crippen LogP contribution in [-0.4, -0.2) is 32.6 Å². The molecule has 194 valence electrons. The van der Waals surface area contributed by atoms with Crippen LogP contribution in [0.2, 0.25) is 0 Å². The lowest BCUT2D eigenvalue weighted by Crippen LogP contribution is -2.23. The van der Waals surface area contributed by atoms with Crippen LogP contribution in [0, 0.1) is 13.8 Å². The molecule has 11 heteroatoms. The molecule has 5 aromatic rings. The molecule has 0 spiro atoms. The van der Waals surface area contributed by atoms with Crippen LogP contribution in [0.15, 0.2) is 76.7 Å². The van der Waals surface area contributed by atoms with Gasteiger partial charge in [0.15, 0.2) is 5.16 Å². The zero-order valence-electron chi connectivity index (χ0n) is 20.2. The maximum atomic E-state index is 13.7. The second-order valence-corrected chi connectivity index (χ2v) is 9.63. The minimum atomic E-state index is -4.80. The Labute approximate surface area is 218 Å². The molecular weight excluding hydrogens is 517 g/mol. The van der Waals surface area contributed by atoms with Crippen LogP contribution in [0.5, 0.6) is 5.75 Å². The summed E-state index contributed by atoms with van der Waals surface area (Å²) >= 11 is 1.09. The summed E-state index contributed by atoms with van der Waals surface area (Å²) < 4.78 is 42.5. The molecule has 0 unspecified atom stereocenters. The molecule has 0 saturated heterocycles. The van der Waals surface area contributed by atoms with E-state index in [-0.39, 0.29) is 11.3 Å². The molecule has 0 aliphatic heterocycles. The van der Waals surface area contributed by atoms with E-state index in [1.54, 1.807) is 0 Å². The number of H-pyrrole nitrogens is 1. The number of hydrogen-bond acceptors (Lipinski definition) is 5. The Morgan fingerprint density at radius 1 is 1.05 bits per heavy atom. The lowest BCUT2D eigenvalue weighted by molar-refractivity contribution is -0.274. The molecule has 0 aliphatic rings. The molecule has 2 heterocycles.